The van der Waals surface area contributed by atoms with Crippen LogP contribution in [-0.4, -0.2) is 45.7 Å². The van der Waals surface area contributed by atoms with Crippen molar-refractivity contribution in [3.8, 4) is 11.5 Å². The summed E-state index contributed by atoms with van der Waals surface area (Å²) in [6.07, 6.45) is 1.75. The lowest BCUT2D eigenvalue weighted by molar-refractivity contribution is -0.122. The van der Waals surface area contributed by atoms with E-state index in [1.54, 1.807) is 20.3 Å². The zero-order valence-electron chi connectivity index (χ0n) is 18.1. The van der Waals surface area contributed by atoms with Gasteiger partial charge in [0.1, 0.15) is 0 Å². The molecule has 1 N–H and O–H groups in total. The maximum Gasteiger partial charge on any atom is 0.235 e. The maximum absolute atomic E-state index is 12.7. The number of nitrogens with zero attached hydrogens (tertiary/aromatic N) is 1. The second kappa shape index (κ2) is 10.4. The molecule has 0 saturated heterocycles. The van der Waals surface area contributed by atoms with Crippen LogP contribution in [0.15, 0.2) is 42.5 Å². The fraction of sp³-hybridized carbons (Fsp3) is 0.409. The second-order valence-electron chi connectivity index (χ2n) is 7.16. The molecule has 0 radical (unpaired) electrons. The number of sulfonamides is 1. The predicted octanol–water partition coefficient (Wildman–Crippen LogP) is 3.04. The molecule has 1 atom stereocenters. The van der Waals surface area contributed by atoms with E-state index in [0.29, 0.717) is 17.9 Å². The van der Waals surface area contributed by atoms with Gasteiger partial charge in [0.05, 0.1) is 33.1 Å². The molecule has 2 aromatic rings. The molecular weight excluding hydrogens is 404 g/mol. The van der Waals surface area contributed by atoms with Crippen molar-refractivity contribution in [2.45, 2.75) is 32.9 Å². The van der Waals surface area contributed by atoms with Gasteiger partial charge in [0.15, 0.2) is 11.5 Å². The Balaban J connectivity index is 2.13. The van der Waals surface area contributed by atoms with Gasteiger partial charge in [0.2, 0.25) is 15.9 Å². The standard InChI is InChI=1S/C22H30N2O5S/c1-6-19(18-11-12-20(28-3)21(13-18)29-4)23-22(25)15-24(30(5,26)27)14-17-9-7-16(2)8-10-17/h7-13,19H,6,14-15H2,1-5H3,(H,23,25)/t19-/m1/s1. The van der Waals surface area contributed by atoms with E-state index in [-0.39, 0.29) is 25.0 Å². The van der Waals surface area contributed by atoms with Crippen LogP contribution in [0.4, 0.5) is 0 Å². The lowest BCUT2D eigenvalue weighted by Gasteiger charge is -2.23. The number of amides is 1. The second-order valence-corrected chi connectivity index (χ2v) is 9.14. The van der Waals surface area contributed by atoms with Crippen LogP contribution in [0.3, 0.4) is 0 Å². The summed E-state index contributed by atoms with van der Waals surface area (Å²) in [6, 6.07) is 12.7. The van der Waals surface area contributed by atoms with E-state index in [1.165, 1.54) is 4.31 Å². The van der Waals surface area contributed by atoms with E-state index in [0.717, 1.165) is 22.9 Å². The molecule has 0 aliphatic carbocycles. The van der Waals surface area contributed by atoms with Gasteiger partial charge in [-0.3, -0.25) is 4.79 Å². The summed E-state index contributed by atoms with van der Waals surface area (Å²) in [4.78, 5) is 12.7. The molecule has 0 fully saturated rings. The van der Waals surface area contributed by atoms with Crippen LogP contribution < -0.4 is 14.8 Å². The van der Waals surface area contributed by atoms with E-state index >= 15 is 0 Å². The van der Waals surface area contributed by atoms with Crippen molar-refractivity contribution in [1.82, 2.24) is 9.62 Å². The van der Waals surface area contributed by atoms with Crippen molar-refractivity contribution in [2.75, 3.05) is 27.0 Å². The van der Waals surface area contributed by atoms with Gasteiger partial charge >= 0.3 is 0 Å². The fourth-order valence-corrected chi connectivity index (χ4v) is 3.81. The molecule has 30 heavy (non-hydrogen) atoms. The van der Waals surface area contributed by atoms with Crippen molar-refractivity contribution in [2.24, 2.45) is 0 Å². The lowest BCUT2D eigenvalue weighted by atomic mass is 10.0. The summed E-state index contributed by atoms with van der Waals surface area (Å²) in [7, 11) is -0.447. The van der Waals surface area contributed by atoms with Crippen LogP contribution in [0, 0.1) is 6.92 Å². The van der Waals surface area contributed by atoms with Gasteiger partial charge in [-0.05, 0) is 36.6 Å². The Morgan fingerprint density at radius 2 is 1.70 bits per heavy atom. The Labute approximate surface area is 179 Å². The van der Waals surface area contributed by atoms with Crippen LogP contribution >= 0.6 is 0 Å². The number of benzene rings is 2. The number of carbonyl (C=O) groups excluding carboxylic acids is 1. The van der Waals surface area contributed by atoms with Crippen LogP contribution in [-0.2, 0) is 21.4 Å². The smallest absolute Gasteiger partial charge is 0.235 e. The van der Waals surface area contributed by atoms with Crippen molar-refractivity contribution in [3.63, 3.8) is 0 Å². The molecule has 0 unspecified atom stereocenters. The SMILES string of the molecule is CC[C@@H](NC(=O)CN(Cc1ccc(C)cc1)S(C)(=O)=O)c1ccc(OC)c(OC)c1. The minimum atomic E-state index is -3.56. The molecule has 0 aliphatic rings. The number of carbonyl (C=O) groups is 1. The zero-order valence-corrected chi connectivity index (χ0v) is 19.0. The number of hydrogen-bond acceptors (Lipinski definition) is 5. The topological polar surface area (TPSA) is 84.9 Å². The van der Waals surface area contributed by atoms with E-state index < -0.39 is 10.0 Å². The number of nitrogens with one attached hydrogen (secondary N) is 1. The summed E-state index contributed by atoms with van der Waals surface area (Å²) < 4.78 is 36.2. The highest BCUT2D eigenvalue weighted by molar-refractivity contribution is 7.88. The Kier molecular flexibility index (Phi) is 8.25. The van der Waals surface area contributed by atoms with E-state index in [9.17, 15) is 13.2 Å². The Bertz CT molecular complexity index is 958. The molecule has 164 valence electrons. The molecule has 0 heterocycles. The minimum absolute atomic E-state index is 0.139. The molecule has 8 heteroatoms. The number of aryl methyl sites for hydroxylation is 1. The molecule has 0 aromatic heterocycles. The minimum Gasteiger partial charge on any atom is -0.493 e. The van der Waals surface area contributed by atoms with Gasteiger partial charge in [-0.2, -0.15) is 4.31 Å². The highest BCUT2D eigenvalue weighted by Crippen LogP contribution is 2.30. The third kappa shape index (κ3) is 6.47. The van der Waals surface area contributed by atoms with Crippen molar-refractivity contribution >= 4 is 15.9 Å². The summed E-state index contributed by atoms with van der Waals surface area (Å²) in [6.45, 7) is 3.79. The molecule has 2 aromatic carbocycles. The average Bonchev–Trinajstić information content (AvgIpc) is 2.71. The lowest BCUT2D eigenvalue weighted by Crippen LogP contribution is -2.41. The van der Waals surface area contributed by atoms with Gasteiger partial charge in [0.25, 0.3) is 0 Å². The Morgan fingerprint density at radius 3 is 2.23 bits per heavy atom. The molecule has 0 saturated carbocycles. The number of rotatable bonds is 10. The number of ether oxygens (including phenoxy) is 2. The van der Waals surface area contributed by atoms with Gasteiger partial charge < -0.3 is 14.8 Å². The largest absolute Gasteiger partial charge is 0.493 e. The van der Waals surface area contributed by atoms with Crippen LogP contribution in [0.5, 0.6) is 11.5 Å². The van der Waals surface area contributed by atoms with Crippen LogP contribution in [0.25, 0.3) is 0 Å². The van der Waals surface area contributed by atoms with E-state index in [4.69, 9.17) is 9.47 Å². The van der Waals surface area contributed by atoms with Gasteiger partial charge in [0, 0.05) is 6.54 Å². The molecule has 0 aliphatic heterocycles. The molecule has 0 spiro atoms. The Morgan fingerprint density at radius 1 is 1.07 bits per heavy atom. The van der Waals surface area contributed by atoms with Gasteiger partial charge in [-0.1, -0.05) is 42.8 Å². The fourth-order valence-electron chi connectivity index (χ4n) is 3.08. The molecule has 1 amide bonds. The van der Waals surface area contributed by atoms with Gasteiger partial charge in [-0.15, -0.1) is 0 Å². The Hall–Kier alpha value is -2.58. The van der Waals surface area contributed by atoms with Crippen LogP contribution in [0.1, 0.15) is 36.1 Å². The zero-order chi connectivity index (χ0) is 22.3. The molecule has 0 bridgehead atoms. The number of methoxy groups -OCH3 is 2. The van der Waals surface area contributed by atoms with Crippen molar-refractivity contribution < 1.29 is 22.7 Å². The van der Waals surface area contributed by atoms with E-state index in [2.05, 4.69) is 5.32 Å². The normalized spacial score (nSPS) is 12.5. The quantitative estimate of drug-likeness (QED) is 0.621. The summed E-state index contributed by atoms with van der Waals surface area (Å²) in [5.41, 5.74) is 2.77. The summed E-state index contributed by atoms with van der Waals surface area (Å²) in [5, 5.41) is 2.93. The highest BCUT2D eigenvalue weighted by Gasteiger charge is 2.23. The summed E-state index contributed by atoms with van der Waals surface area (Å²) in [5.74, 6) is 0.804. The first-order valence-corrected chi connectivity index (χ1v) is 11.5. The highest BCUT2D eigenvalue weighted by atomic mass is 32.2. The average molecular weight is 435 g/mol. The monoisotopic (exact) mass is 434 g/mol. The van der Waals surface area contributed by atoms with Crippen molar-refractivity contribution in [3.05, 3.63) is 59.2 Å². The first-order chi connectivity index (χ1) is 14.2. The summed E-state index contributed by atoms with van der Waals surface area (Å²) >= 11 is 0. The first-order valence-electron chi connectivity index (χ1n) is 9.69. The maximum atomic E-state index is 12.7. The van der Waals surface area contributed by atoms with Crippen LogP contribution in [0.2, 0.25) is 0 Å². The molecular formula is C22H30N2O5S. The predicted molar refractivity (Wildman–Crippen MR) is 117 cm³/mol. The third-order valence-corrected chi connectivity index (χ3v) is 6.02. The third-order valence-electron chi connectivity index (χ3n) is 4.82. The van der Waals surface area contributed by atoms with E-state index in [1.807, 2.05) is 50.2 Å². The van der Waals surface area contributed by atoms with Crippen molar-refractivity contribution in [1.29, 1.82) is 0 Å². The molecule has 2 rings (SSSR count). The first kappa shape index (κ1) is 23.7. The number of hydrogen-bond donors (Lipinski definition) is 1. The molecule has 7 nitrogen and oxygen atoms in total. The van der Waals surface area contributed by atoms with Gasteiger partial charge in [-0.25, -0.2) is 8.42 Å².